The van der Waals surface area contributed by atoms with Crippen LogP contribution in [0.3, 0.4) is 0 Å². The molecular formula is C13H21ClN4. The monoisotopic (exact) mass is 268 g/mol. The van der Waals surface area contributed by atoms with Crippen LogP contribution in [0.2, 0.25) is 0 Å². The minimum Gasteiger partial charge on any atom is -0.303 e. The zero-order valence-corrected chi connectivity index (χ0v) is 12.3. The van der Waals surface area contributed by atoms with Crippen LogP contribution in [0, 0.1) is 6.92 Å². The highest BCUT2D eigenvalue weighted by molar-refractivity contribution is 6.20. The summed E-state index contributed by atoms with van der Waals surface area (Å²) in [5.74, 6) is 0.905. The van der Waals surface area contributed by atoms with E-state index in [0.717, 1.165) is 36.7 Å². The smallest absolute Gasteiger partial charge is 0.146 e. The summed E-state index contributed by atoms with van der Waals surface area (Å²) in [5.41, 5.74) is 2.01. The van der Waals surface area contributed by atoms with Gasteiger partial charge in [0.2, 0.25) is 0 Å². The number of hydrogen-bond donors (Lipinski definition) is 0. The molecular weight excluding hydrogens is 248 g/mol. The highest BCUT2D eigenvalue weighted by Crippen LogP contribution is 2.24. The average Bonchev–Trinajstić information content (AvgIpc) is 2.31. The number of aromatic nitrogens is 2. The first-order valence-electron chi connectivity index (χ1n) is 6.35. The van der Waals surface area contributed by atoms with E-state index in [1.807, 2.05) is 20.0 Å². The molecule has 0 aliphatic carbocycles. The van der Waals surface area contributed by atoms with E-state index in [1.165, 1.54) is 0 Å². The van der Waals surface area contributed by atoms with Crippen LogP contribution in [0.15, 0.2) is 6.20 Å². The standard InChI is InChI=1S/C13H21ClN4/c1-9(14)11-7-15-13(16-10(11)2)12-8-17(3)5-6-18(12)4/h7,9,12H,5-6,8H2,1-4H3. The Hall–Kier alpha value is -0.710. The highest BCUT2D eigenvalue weighted by atomic mass is 35.5. The predicted octanol–water partition coefficient (Wildman–Crippen LogP) is 2.00. The van der Waals surface area contributed by atoms with E-state index in [9.17, 15) is 0 Å². The summed E-state index contributed by atoms with van der Waals surface area (Å²) in [7, 11) is 4.27. The van der Waals surface area contributed by atoms with Gasteiger partial charge in [0, 0.05) is 37.1 Å². The predicted molar refractivity (Wildman–Crippen MR) is 73.9 cm³/mol. The topological polar surface area (TPSA) is 32.3 Å². The van der Waals surface area contributed by atoms with Gasteiger partial charge < -0.3 is 4.90 Å². The summed E-state index contributed by atoms with van der Waals surface area (Å²) in [6, 6.07) is 0.280. The van der Waals surface area contributed by atoms with Gasteiger partial charge in [-0.25, -0.2) is 9.97 Å². The summed E-state index contributed by atoms with van der Waals surface area (Å²) in [5, 5.41) is -0.0363. The van der Waals surface area contributed by atoms with Crippen molar-refractivity contribution in [3.8, 4) is 0 Å². The maximum atomic E-state index is 6.10. The number of rotatable bonds is 2. The number of aryl methyl sites for hydroxylation is 1. The first-order chi connectivity index (χ1) is 8.49. The Bertz CT molecular complexity index is 421. The van der Waals surface area contributed by atoms with Crippen molar-refractivity contribution >= 4 is 11.6 Å². The summed E-state index contributed by atoms with van der Waals surface area (Å²) < 4.78 is 0. The summed E-state index contributed by atoms with van der Waals surface area (Å²) >= 11 is 6.10. The molecule has 100 valence electrons. The van der Waals surface area contributed by atoms with Gasteiger partial charge >= 0.3 is 0 Å². The van der Waals surface area contributed by atoms with Crippen LogP contribution in [0.5, 0.6) is 0 Å². The van der Waals surface area contributed by atoms with Crippen molar-refractivity contribution in [2.45, 2.75) is 25.3 Å². The van der Waals surface area contributed by atoms with Gasteiger partial charge in [-0.2, -0.15) is 0 Å². The number of likely N-dealkylation sites (N-methyl/N-ethyl adjacent to an activating group) is 2. The van der Waals surface area contributed by atoms with Crippen molar-refractivity contribution in [3.63, 3.8) is 0 Å². The third-order valence-corrected chi connectivity index (χ3v) is 3.85. The van der Waals surface area contributed by atoms with Gasteiger partial charge in [-0.15, -0.1) is 11.6 Å². The molecule has 2 heterocycles. The van der Waals surface area contributed by atoms with Crippen molar-refractivity contribution in [1.29, 1.82) is 0 Å². The second kappa shape index (κ2) is 5.51. The lowest BCUT2D eigenvalue weighted by atomic mass is 10.1. The summed E-state index contributed by atoms with van der Waals surface area (Å²) in [4.78, 5) is 13.8. The molecule has 2 rings (SSSR count). The second-order valence-corrected chi connectivity index (χ2v) is 5.80. The van der Waals surface area contributed by atoms with Gasteiger partial charge in [-0.05, 0) is 27.9 Å². The van der Waals surface area contributed by atoms with Crippen LogP contribution in [-0.2, 0) is 0 Å². The van der Waals surface area contributed by atoms with Crippen molar-refractivity contribution in [3.05, 3.63) is 23.3 Å². The van der Waals surface area contributed by atoms with Crippen LogP contribution in [0.1, 0.15) is 35.4 Å². The molecule has 4 nitrogen and oxygen atoms in total. The molecule has 1 aromatic rings. The molecule has 1 fully saturated rings. The molecule has 0 amide bonds. The second-order valence-electron chi connectivity index (χ2n) is 5.14. The van der Waals surface area contributed by atoms with E-state index in [-0.39, 0.29) is 11.4 Å². The van der Waals surface area contributed by atoms with Gasteiger partial charge in [0.25, 0.3) is 0 Å². The zero-order valence-electron chi connectivity index (χ0n) is 11.5. The molecule has 1 saturated heterocycles. The minimum atomic E-state index is -0.0363. The molecule has 0 bridgehead atoms. The molecule has 0 aromatic carbocycles. The van der Waals surface area contributed by atoms with Gasteiger partial charge in [-0.3, -0.25) is 4.90 Å². The molecule has 1 aromatic heterocycles. The normalized spacial score (nSPS) is 24.2. The molecule has 0 saturated carbocycles. The lowest BCUT2D eigenvalue weighted by molar-refractivity contribution is 0.109. The number of hydrogen-bond acceptors (Lipinski definition) is 4. The highest BCUT2D eigenvalue weighted by Gasteiger charge is 2.26. The Morgan fingerprint density at radius 1 is 1.39 bits per heavy atom. The minimum absolute atomic E-state index is 0.0363. The van der Waals surface area contributed by atoms with E-state index in [1.54, 1.807) is 0 Å². The Kier molecular flexibility index (Phi) is 4.20. The number of halogens is 1. The summed E-state index contributed by atoms with van der Waals surface area (Å²) in [6.07, 6.45) is 1.87. The fourth-order valence-corrected chi connectivity index (χ4v) is 2.55. The van der Waals surface area contributed by atoms with E-state index >= 15 is 0 Å². The lowest BCUT2D eigenvalue weighted by Gasteiger charge is -2.36. The largest absolute Gasteiger partial charge is 0.303 e. The van der Waals surface area contributed by atoms with Crippen molar-refractivity contribution in [2.24, 2.45) is 0 Å². The zero-order chi connectivity index (χ0) is 13.3. The summed E-state index contributed by atoms with van der Waals surface area (Å²) in [6.45, 7) is 7.09. The van der Waals surface area contributed by atoms with Crippen molar-refractivity contribution in [2.75, 3.05) is 33.7 Å². The Balaban J connectivity index is 2.25. The number of piperazine rings is 1. The number of alkyl halides is 1. The van der Waals surface area contributed by atoms with Crippen molar-refractivity contribution in [1.82, 2.24) is 19.8 Å². The maximum Gasteiger partial charge on any atom is 0.146 e. The quantitative estimate of drug-likeness (QED) is 0.768. The van der Waals surface area contributed by atoms with Crippen molar-refractivity contribution < 1.29 is 0 Å². The SMILES string of the molecule is Cc1nc(C2CN(C)CCN2C)ncc1C(C)Cl. The number of nitrogens with zero attached hydrogens (tertiary/aromatic N) is 4. The molecule has 0 spiro atoms. The Labute approximate surface area is 114 Å². The molecule has 1 aliphatic heterocycles. The molecule has 5 heteroatoms. The Morgan fingerprint density at radius 3 is 2.72 bits per heavy atom. The third-order valence-electron chi connectivity index (χ3n) is 3.61. The average molecular weight is 269 g/mol. The molecule has 18 heavy (non-hydrogen) atoms. The van der Waals surface area contributed by atoms with Crippen LogP contribution < -0.4 is 0 Å². The molecule has 2 unspecified atom stereocenters. The van der Waals surface area contributed by atoms with Crippen LogP contribution >= 0.6 is 11.6 Å². The van der Waals surface area contributed by atoms with Gasteiger partial charge in [0.1, 0.15) is 5.82 Å². The molecule has 0 N–H and O–H groups in total. The maximum absolute atomic E-state index is 6.10. The third kappa shape index (κ3) is 2.82. The van der Waals surface area contributed by atoms with E-state index in [2.05, 4.69) is 33.9 Å². The molecule has 2 atom stereocenters. The fourth-order valence-electron chi connectivity index (χ4n) is 2.33. The van der Waals surface area contributed by atoms with Gasteiger partial charge in [0.15, 0.2) is 0 Å². The van der Waals surface area contributed by atoms with E-state index in [0.29, 0.717) is 0 Å². The van der Waals surface area contributed by atoms with Crippen LogP contribution in [0.25, 0.3) is 0 Å². The fraction of sp³-hybridized carbons (Fsp3) is 0.692. The van der Waals surface area contributed by atoms with Crippen LogP contribution in [0.4, 0.5) is 0 Å². The lowest BCUT2D eigenvalue weighted by Crippen LogP contribution is -2.45. The van der Waals surface area contributed by atoms with Gasteiger partial charge in [-0.1, -0.05) is 0 Å². The van der Waals surface area contributed by atoms with Gasteiger partial charge in [0.05, 0.1) is 11.4 Å². The van der Waals surface area contributed by atoms with E-state index < -0.39 is 0 Å². The first kappa shape index (κ1) is 13.7. The molecule has 1 aliphatic rings. The first-order valence-corrected chi connectivity index (χ1v) is 6.79. The van der Waals surface area contributed by atoms with Crippen LogP contribution in [-0.4, -0.2) is 53.5 Å². The van der Waals surface area contributed by atoms with E-state index in [4.69, 9.17) is 11.6 Å². The Morgan fingerprint density at radius 2 is 2.11 bits per heavy atom. The molecule has 0 radical (unpaired) electrons.